The maximum absolute atomic E-state index is 12.4. The minimum absolute atomic E-state index is 0.000438. The molecule has 1 aromatic heterocycles. The molecule has 0 unspecified atom stereocenters. The minimum atomic E-state index is 0.000438. The molecule has 2 aromatic rings. The highest BCUT2D eigenvalue weighted by atomic mass is 79.9. The van der Waals surface area contributed by atoms with Gasteiger partial charge < -0.3 is 4.74 Å². The molecule has 1 atom stereocenters. The molecule has 100 valence electrons. The van der Waals surface area contributed by atoms with E-state index in [4.69, 9.17) is 4.74 Å². The van der Waals surface area contributed by atoms with Crippen LogP contribution in [0.2, 0.25) is 0 Å². The SMILES string of the molecule is O=c1c2cc(Br)ccc2ncn1C[C@@H]1CCCCO1. The van der Waals surface area contributed by atoms with E-state index in [1.54, 1.807) is 10.9 Å². The fourth-order valence-electron chi connectivity index (χ4n) is 2.43. The smallest absolute Gasteiger partial charge is 0.261 e. The fourth-order valence-corrected chi connectivity index (χ4v) is 2.79. The lowest BCUT2D eigenvalue weighted by atomic mass is 10.1. The van der Waals surface area contributed by atoms with Crippen LogP contribution in [0.25, 0.3) is 10.9 Å². The van der Waals surface area contributed by atoms with Crippen molar-refractivity contribution in [2.75, 3.05) is 6.61 Å². The molecule has 1 fully saturated rings. The Kier molecular flexibility index (Phi) is 3.66. The van der Waals surface area contributed by atoms with Gasteiger partial charge in [-0.15, -0.1) is 0 Å². The first-order valence-electron chi connectivity index (χ1n) is 6.50. The summed E-state index contributed by atoms with van der Waals surface area (Å²) in [7, 11) is 0. The molecular formula is C14H15BrN2O2. The summed E-state index contributed by atoms with van der Waals surface area (Å²) in [6, 6.07) is 5.56. The fraction of sp³-hybridized carbons (Fsp3) is 0.429. The Morgan fingerprint density at radius 1 is 1.42 bits per heavy atom. The number of aromatic nitrogens is 2. The lowest BCUT2D eigenvalue weighted by Crippen LogP contribution is -2.30. The molecule has 5 heteroatoms. The third-order valence-electron chi connectivity index (χ3n) is 3.46. The van der Waals surface area contributed by atoms with Crippen LogP contribution in [0.5, 0.6) is 0 Å². The van der Waals surface area contributed by atoms with Gasteiger partial charge in [0, 0.05) is 11.1 Å². The van der Waals surface area contributed by atoms with E-state index in [2.05, 4.69) is 20.9 Å². The van der Waals surface area contributed by atoms with Gasteiger partial charge in [-0.05, 0) is 37.5 Å². The van der Waals surface area contributed by atoms with Crippen LogP contribution in [-0.4, -0.2) is 22.3 Å². The van der Waals surface area contributed by atoms with Crippen molar-refractivity contribution in [1.29, 1.82) is 0 Å². The molecule has 0 radical (unpaired) electrons. The van der Waals surface area contributed by atoms with Crippen LogP contribution in [0.1, 0.15) is 19.3 Å². The summed E-state index contributed by atoms with van der Waals surface area (Å²) in [6.45, 7) is 1.39. The number of hydrogen-bond donors (Lipinski definition) is 0. The zero-order valence-corrected chi connectivity index (χ0v) is 12.1. The van der Waals surface area contributed by atoms with Crippen molar-refractivity contribution < 1.29 is 4.74 Å². The molecule has 0 saturated carbocycles. The van der Waals surface area contributed by atoms with Gasteiger partial charge in [0.05, 0.1) is 29.9 Å². The van der Waals surface area contributed by atoms with Crippen molar-refractivity contribution in [3.8, 4) is 0 Å². The van der Waals surface area contributed by atoms with E-state index in [1.165, 1.54) is 6.42 Å². The second-order valence-corrected chi connectivity index (χ2v) is 5.77. The first kappa shape index (κ1) is 12.8. The van der Waals surface area contributed by atoms with E-state index >= 15 is 0 Å². The maximum Gasteiger partial charge on any atom is 0.261 e. The maximum atomic E-state index is 12.4. The molecular weight excluding hydrogens is 308 g/mol. The van der Waals surface area contributed by atoms with E-state index in [0.717, 1.165) is 29.4 Å². The van der Waals surface area contributed by atoms with Gasteiger partial charge in [0.25, 0.3) is 5.56 Å². The van der Waals surface area contributed by atoms with Crippen LogP contribution in [-0.2, 0) is 11.3 Å². The normalized spacial score (nSPS) is 19.7. The van der Waals surface area contributed by atoms with Crippen LogP contribution in [0.15, 0.2) is 33.8 Å². The van der Waals surface area contributed by atoms with E-state index < -0.39 is 0 Å². The van der Waals surface area contributed by atoms with Gasteiger partial charge in [-0.2, -0.15) is 0 Å². The molecule has 2 heterocycles. The molecule has 1 saturated heterocycles. The Hall–Kier alpha value is -1.20. The summed E-state index contributed by atoms with van der Waals surface area (Å²) >= 11 is 3.39. The van der Waals surface area contributed by atoms with Crippen molar-refractivity contribution in [2.24, 2.45) is 0 Å². The van der Waals surface area contributed by atoms with Crippen LogP contribution < -0.4 is 5.56 Å². The van der Waals surface area contributed by atoms with Gasteiger partial charge in [-0.1, -0.05) is 15.9 Å². The Morgan fingerprint density at radius 2 is 2.32 bits per heavy atom. The van der Waals surface area contributed by atoms with Gasteiger partial charge >= 0.3 is 0 Å². The average molecular weight is 323 g/mol. The summed E-state index contributed by atoms with van der Waals surface area (Å²) in [5, 5.41) is 0.646. The topological polar surface area (TPSA) is 44.1 Å². The number of halogens is 1. The second-order valence-electron chi connectivity index (χ2n) is 4.85. The number of nitrogens with zero attached hydrogens (tertiary/aromatic N) is 2. The zero-order chi connectivity index (χ0) is 13.2. The van der Waals surface area contributed by atoms with Crippen LogP contribution in [0.4, 0.5) is 0 Å². The van der Waals surface area contributed by atoms with Crippen LogP contribution in [0, 0.1) is 0 Å². The van der Waals surface area contributed by atoms with Crippen LogP contribution in [0.3, 0.4) is 0 Å². The van der Waals surface area contributed by atoms with Crippen molar-refractivity contribution in [1.82, 2.24) is 9.55 Å². The molecule has 0 bridgehead atoms. The van der Waals surface area contributed by atoms with Gasteiger partial charge in [-0.25, -0.2) is 4.98 Å². The first-order chi connectivity index (χ1) is 9.24. The standard InChI is InChI=1S/C14H15BrN2O2/c15-10-4-5-13-12(7-10)14(18)17(9-16-13)8-11-3-1-2-6-19-11/h4-5,7,9,11H,1-3,6,8H2/t11-/m0/s1. The molecule has 0 aliphatic carbocycles. The summed E-state index contributed by atoms with van der Waals surface area (Å²) in [5.41, 5.74) is 0.731. The molecule has 0 N–H and O–H groups in total. The lowest BCUT2D eigenvalue weighted by molar-refractivity contribution is 0.00535. The largest absolute Gasteiger partial charge is 0.376 e. The molecule has 1 aromatic carbocycles. The number of fused-ring (bicyclic) bond motifs is 1. The monoisotopic (exact) mass is 322 g/mol. The second kappa shape index (κ2) is 5.43. The Morgan fingerprint density at radius 3 is 3.11 bits per heavy atom. The summed E-state index contributed by atoms with van der Waals surface area (Å²) in [4.78, 5) is 16.7. The van der Waals surface area contributed by atoms with Crippen molar-refractivity contribution in [2.45, 2.75) is 31.9 Å². The lowest BCUT2D eigenvalue weighted by Gasteiger charge is -2.23. The Balaban J connectivity index is 1.95. The molecule has 3 rings (SSSR count). The third-order valence-corrected chi connectivity index (χ3v) is 3.95. The predicted octanol–water partition coefficient (Wildman–Crippen LogP) is 2.73. The average Bonchev–Trinajstić information content (AvgIpc) is 2.44. The van der Waals surface area contributed by atoms with Crippen molar-refractivity contribution in [3.05, 3.63) is 39.4 Å². The summed E-state index contributed by atoms with van der Waals surface area (Å²) in [6.07, 6.45) is 5.07. The van der Waals surface area contributed by atoms with Crippen molar-refractivity contribution in [3.63, 3.8) is 0 Å². The molecule has 0 spiro atoms. The van der Waals surface area contributed by atoms with Crippen LogP contribution >= 0.6 is 15.9 Å². The molecule has 19 heavy (non-hydrogen) atoms. The molecule has 1 aliphatic rings. The van der Waals surface area contributed by atoms with Gasteiger partial charge in [-0.3, -0.25) is 9.36 Å². The third kappa shape index (κ3) is 2.72. The van der Waals surface area contributed by atoms with Gasteiger partial charge in [0.2, 0.25) is 0 Å². The molecule has 0 amide bonds. The van der Waals surface area contributed by atoms with Crippen molar-refractivity contribution >= 4 is 26.8 Å². The minimum Gasteiger partial charge on any atom is -0.376 e. The zero-order valence-electron chi connectivity index (χ0n) is 10.5. The van der Waals surface area contributed by atoms with Gasteiger partial charge in [0.15, 0.2) is 0 Å². The number of rotatable bonds is 2. The summed E-state index contributed by atoms with van der Waals surface area (Å²) in [5.74, 6) is 0. The van der Waals surface area contributed by atoms with Gasteiger partial charge in [0.1, 0.15) is 0 Å². The van der Waals surface area contributed by atoms with E-state index in [9.17, 15) is 4.79 Å². The highest BCUT2D eigenvalue weighted by Gasteiger charge is 2.15. The Labute approximate surface area is 119 Å². The Bertz CT molecular complexity index is 647. The van der Waals surface area contributed by atoms with E-state index in [0.29, 0.717) is 11.9 Å². The predicted molar refractivity (Wildman–Crippen MR) is 77.3 cm³/mol. The first-order valence-corrected chi connectivity index (χ1v) is 7.29. The number of ether oxygens (including phenoxy) is 1. The quantitative estimate of drug-likeness (QED) is 0.854. The molecule has 4 nitrogen and oxygen atoms in total. The highest BCUT2D eigenvalue weighted by molar-refractivity contribution is 9.10. The summed E-state index contributed by atoms with van der Waals surface area (Å²) < 4.78 is 8.23. The number of benzene rings is 1. The van der Waals surface area contributed by atoms with E-state index in [-0.39, 0.29) is 11.7 Å². The molecule has 1 aliphatic heterocycles. The number of hydrogen-bond acceptors (Lipinski definition) is 3. The van der Waals surface area contributed by atoms with E-state index in [1.807, 2.05) is 18.2 Å². The highest BCUT2D eigenvalue weighted by Crippen LogP contribution is 2.16.